The van der Waals surface area contributed by atoms with Crippen LogP contribution in [0.15, 0.2) is 30.5 Å². The number of nitrogens with two attached hydrogens (primary N) is 1. The minimum atomic E-state index is 0.570. The molecule has 0 bridgehead atoms. The number of rotatable bonds is 2. The topological polar surface area (TPSA) is 55.0 Å². The zero-order chi connectivity index (χ0) is 13.2. The second-order valence-corrected chi connectivity index (χ2v) is 5.45. The third kappa shape index (κ3) is 2.28. The van der Waals surface area contributed by atoms with Gasteiger partial charge in [-0.1, -0.05) is 25.1 Å². The van der Waals surface area contributed by atoms with E-state index in [1.54, 1.807) is 0 Å². The van der Waals surface area contributed by atoms with Gasteiger partial charge in [-0.25, -0.2) is 0 Å². The van der Waals surface area contributed by atoms with Crippen molar-refractivity contribution in [3.63, 3.8) is 0 Å². The van der Waals surface area contributed by atoms with Crippen LogP contribution in [0.3, 0.4) is 0 Å². The summed E-state index contributed by atoms with van der Waals surface area (Å²) in [5.74, 6) is 1.28. The summed E-state index contributed by atoms with van der Waals surface area (Å²) < 4.78 is 0. The predicted octanol–water partition coefficient (Wildman–Crippen LogP) is 2.05. The minimum Gasteiger partial charge on any atom is -0.369 e. The highest BCUT2D eigenvalue weighted by atomic mass is 15.2. The summed E-state index contributed by atoms with van der Waals surface area (Å²) in [6.45, 7) is 5.16. The molecule has 2 atom stereocenters. The van der Waals surface area contributed by atoms with Gasteiger partial charge in [0, 0.05) is 18.5 Å². The maximum atomic E-state index is 5.89. The Bertz CT molecular complexity index is 564. The lowest BCUT2D eigenvalue weighted by molar-refractivity contribution is 0.308. The van der Waals surface area contributed by atoms with Crippen LogP contribution < -0.4 is 10.6 Å². The fourth-order valence-electron chi connectivity index (χ4n) is 2.92. The molecule has 100 valence electrons. The Morgan fingerprint density at radius 1 is 1.37 bits per heavy atom. The molecule has 3 rings (SSSR count). The Labute approximate surface area is 113 Å². The van der Waals surface area contributed by atoms with E-state index < -0.39 is 0 Å². The van der Waals surface area contributed by atoms with Crippen molar-refractivity contribution in [2.45, 2.75) is 13.3 Å². The molecule has 0 radical (unpaired) electrons. The van der Waals surface area contributed by atoms with E-state index in [4.69, 9.17) is 5.73 Å². The van der Waals surface area contributed by atoms with Gasteiger partial charge < -0.3 is 10.6 Å². The van der Waals surface area contributed by atoms with Gasteiger partial charge in [0.25, 0.3) is 0 Å². The number of benzene rings is 1. The van der Waals surface area contributed by atoms with Crippen LogP contribution >= 0.6 is 0 Å². The molecule has 0 spiro atoms. The van der Waals surface area contributed by atoms with Crippen LogP contribution in [0.1, 0.15) is 13.3 Å². The molecule has 2 heterocycles. The first-order valence-corrected chi connectivity index (χ1v) is 6.95. The third-order valence-corrected chi connectivity index (χ3v) is 4.28. The van der Waals surface area contributed by atoms with Gasteiger partial charge in [-0.15, -0.1) is 0 Å². The molecule has 4 nitrogen and oxygen atoms in total. The van der Waals surface area contributed by atoms with Gasteiger partial charge in [-0.05, 0) is 30.9 Å². The molecule has 19 heavy (non-hydrogen) atoms. The van der Waals surface area contributed by atoms with Gasteiger partial charge in [0.15, 0.2) is 0 Å². The molecule has 2 unspecified atom stereocenters. The average molecular weight is 256 g/mol. The van der Waals surface area contributed by atoms with Crippen LogP contribution in [0.25, 0.3) is 10.9 Å². The van der Waals surface area contributed by atoms with Gasteiger partial charge in [0.1, 0.15) is 0 Å². The summed E-state index contributed by atoms with van der Waals surface area (Å²) in [5, 5.41) is 9.51. The average Bonchev–Trinajstić information content (AvgIpc) is 2.47. The highest BCUT2D eigenvalue weighted by Gasteiger charge is 2.26. The van der Waals surface area contributed by atoms with E-state index in [-0.39, 0.29) is 0 Å². The van der Waals surface area contributed by atoms with Crippen LogP contribution in [0.4, 0.5) is 5.69 Å². The SMILES string of the molecule is CC1CCN(c2cnnc3ccccc23)CC1CN. The van der Waals surface area contributed by atoms with E-state index in [1.165, 1.54) is 17.5 Å². The van der Waals surface area contributed by atoms with Crippen LogP contribution in [0, 0.1) is 11.8 Å². The molecule has 2 aromatic rings. The first-order valence-electron chi connectivity index (χ1n) is 6.95. The Hall–Kier alpha value is -1.68. The van der Waals surface area contributed by atoms with Gasteiger partial charge in [0.2, 0.25) is 0 Å². The number of hydrogen-bond donors (Lipinski definition) is 1. The number of anilines is 1. The van der Waals surface area contributed by atoms with Crippen molar-refractivity contribution in [2.24, 2.45) is 17.6 Å². The van der Waals surface area contributed by atoms with Crippen molar-refractivity contribution in [1.82, 2.24) is 10.2 Å². The van der Waals surface area contributed by atoms with Crippen LogP contribution in [0.2, 0.25) is 0 Å². The monoisotopic (exact) mass is 256 g/mol. The second kappa shape index (κ2) is 5.13. The molecule has 4 heteroatoms. The Morgan fingerprint density at radius 2 is 2.21 bits per heavy atom. The molecule has 1 aromatic heterocycles. The van der Waals surface area contributed by atoms with E-state index in [1.807, 2.05) is 18.3 Å². The first-order chi connectivity index (χ1) is 9.29. The highest BCUT2D eigenvalue weighted by molar-refractivity contribution is 5.90. The van der Waals surface area contributed by atoms with Crippen molar-refractivity contribution in [2.75, 3.05) is 24.5 Å². The lowest BCUT2D eigenvalue weighted by Crippen LogP contribution is -2.42. The molecule has 0 amide bonds. The molecule has 1 aromatic carbocycles. The van der Waals surface area contributed by atoms with Crippen LogP contribution in [0.5, 0.6) is 0 Å². The summed E-state index contributed by atoms with van der Waals surface area (Å²) >= 11 is 0. The molecule has 0 saturated carbocycles. The molecule has 1 aliphatic heterocycles. The largest absolute Gasteiger partial charge is 0.369 e. The number of fused-ring (bicyclic) bond motifs is 1. The zero-order valence-electron chi connectivity index (χ0n) is 11.3. The van der Waals surface area contributed by atoms with E-state index >= 15 is 0 Å². The highest BCUT2D eigenvalue weighted by Crippen LogP contribution is 2.30. The smallest absolute Gasteiger partial charge is 0.0950 e. The van der Waals surface area contributed by atoms with Gasteiger partial charge in [-0.2, -0.15) is 10.2 Å². The van der Waals surface area contributed by atoms with Gasteiger partial charge in [0.05, 0.1) is 17.4 Å². The lowest BCUT2D eigenvalue weighted by Gasteiger charge is -2.38. The fraction of sp³-hybridized carbons (Fsp3) is 0.467. The molecular weight excluding hydrogens is 236 g/mol. The molecule has 1 fully saturated rings. The second-order valence-electron chi connectivity index (χ2n) is 5.45. The van der Waals surface area contributed by atoms with Gasteiger partial charge >= 0.3 is 0 Å². The Kier molecular flexibility index (Phi) is 3.34. The Balaban J connectivity index is 1.96. The van der Waals surface area contributed by atoms with Crippen LogP contribution in [-0.2, 0) is 0 Å². The summed E-state index contributed by atoms with van der Waals surface area (Å²) in [5.41, 5.74) is 8.04. The number of nitrogens with zero attached hydrogens (tertiary/aromatic N) is 3. The van der Waals surface area contributed by atoms with Crippen molar-refractivity contribution in [3.8, 4) is 0 Å². The first kappa shape index (κ1) is 12.4. The van der Waals surface area contributed by atoms with Crippen LogP contribution in [-0.4, -0.2) is 29.8 Å². The molecule has 1 saturated heterocycles. The van der Waals surface area contributed by atoms with Crippen molar-refractivity contribution >= 4 is 16.6 Å². The fourth-order valence-corrected chi connectivity index (χ4v) is 2.92. The zero-order valence-corrected chi connectivity index (χ0v) is 11.3. The predicted molar refractivity (Wildman–Crippen MR) is 78.1 cm³/mol. The lowest BCUT2D eigenvalue weighted by atomic mass is 9.87. The van der Waals surface area contributed by atoms with Crippen molar-refractivity contribution < 1.29 is 0 Å². The number of hydrogen-bond acceptors (Lipinski definition) is 4. The molecule has 0 aliphatic carbocycles. The summed E-state index contributed by atoms with van der Waals surface area (Å²) in [6.07, 6.45) is 3.07. The molecular formula is C15H20N4. The van der Waals surface area contributed by atoms with Crippen molar-refractivity contribution in [1.29, 1.82) is 0 Å². The normalized spacial score (nSPS) is 23.8. The van der Waals surface area contributed by atoms with Gasteiger partial charge in [-0.3, -0.25) is 0 Å². The molecule has 2 N–H and O–H groups in total. The van der Waals surface area contributed by atoms with E-state index in [0.717, 1.165) is 25.2 Å². The third-order valence-electron chi connectivity index (χ3n) is 4.28. The summed E-state index contributed by atoms with van der Waals surface area (Å²) in [4.78, 5) is 2.41. The van der Waals surface area contributed by atoms with E-state index in [9.17, 15) is 0 Å². The van der Waals surface area contributed by atoms with E-state index in [2.05, 4.69) is 34.2 Å². The Morgan fingerprint density at radius 3 is 3.05 bits per heavy atom. The maximum absolute atomic E-state index is 5.89. The minimum absolute atomic E-state index is 0.570. The summed E-state index contributed by atoms with van der Waals surface area (Å²) in [7, 11) is 0. The summed E-state index contributed by atoms with van der Waals surface area (Å²) in [6, 6.07) is 8.19. The number of piperidine rings is 1. The number of aromatic nitrogens is 2. The van der Waals surface area contributed by atoms with E-state index in [0.29, 0.717) is 11.8 Å². The maximum Gasteiger partial charge on any atom is 0.0950 e. The molecule has 1 aliphatic rings. The van der Waals surface area contributed by atoms with Crippen molar-refractivity contribution in [3.05, 3.63) is 30.5 Å². The standard InChI is InChI=1S/C15H20N4/c1-11-6-7-19(10-12(11)8-16)15-9-17-18-14-5-3-2-4-13(14)15/h2-5,9,11-12H,6-8,10,16H2,1H3. The quantitative estimate of drug-likeness (QED) is 0.893.